The second-order valence-electron chi connectivity index (χ2n) is 3.83. The first-order valence-electron chi connectivity index (χ1n) is 5.64. The minimum Gasteiger partial charge on any atom is -0.281 e. The van der Waals surface area contributed by atoms with Gasteiger partial charge >= 0.3 is 0 Å². The average molecular weight is 301 g/mol. The van der Waals surface area contributed by atoms with Crippen LogP contribution in [0, 0.1) is 0 Å². The summed E-state index contributed by atoms with van der Waals surface area (Å²) >= 11 is 5.51. The van der Waals surface area contributed by atoms with Crippen molar-refractivity contribution in [3.8, 4) is 5.69 Å². The van der Waals surface area contributed by atoms with Crippen LogP contribution in [-0.4, -0.2) is 35.0 Å². The maximum absolute atomic E-state index is 11.9. The first kappa shape index (κ1) is 13.8. The van der Waals surface area contributed by atoms with Crippen molar-refractivity contribution < 1.29 is 8.42 Å². The van der Waals surface area contributed by atoms with Gasteiger partial charge in [-0.25, -0.2) is 13.1 Å². The molecule has 0 radical (unpaired) electrons. The van der Waals surface area contributed by atoms with E-state index in [2.05, 4.69) is 15.0 Å². The Kier molecular flexibility index (Phi) is 4.39. The van der Waals surface area contributed by atoms with Gasteiger partial charge in [0.25, 0.3) is 0 Å². The van der Waals surface area contributed by atoms with Crippen LogP contribution in [0.4, 0.5) is 5.69 Å². The van der Waals surface area contributed by atoms with Crippen LogP contribution in [0.2, 0.25) is 0 Å². The van der Waals surface area contributed by atoms with E-state index in [4.69, 9.17) is 11.6 Å². The number of para-hydroxylation sites is 2. The van der Waals surface area contributed by atoms with Gasteiger partial charge in [0.05, 0.1) is 29.5 Å². The molecule has 0 fully saturated rings. The van der Waals surface area contributed by atoms with Crippen LogP contribution in [0.25, 0.3) is 5.69 Å². The molecule has 0 unspecified atom stereocenters. The molecule has 0 aliphatic heterocycles. The topological polar surface area (TPSA) is 76.9 Å². The van der Waals surface area contributed by atoms with Gasteiger partial charge in [0.1, 0.15) is 0 Å². The van der Waals surface area contributed by atoms with Crippen molar-refractivity contribution in [2.45, 2.75) is 6.42 Å². The Hall–Kier alpha value is -1.60. The van der Waals surface area contributed by atoms with E-state index in [0.717, 1.165) is 0 Å². The van der Waals surface area contributed by atoms with Crippen LogP contribution >= 0.6 is 11.6 Å². The molecule has 0 spiro atoms. The van der Waals surface area contributed by atoms with Gasteiger partial charge in [-0.1, -0.05) is 17.3 Å². The highest BCUT2D eigenvalue weighted by molar-refractivity contribution is 7.92. The normalized spacial score (nSPS) is 11.4. The number of nitrogens with one attached hydrogen (secondary N) is 1. The molecule has 0 bridgehead atoms. The molecule has 0 amide bonds. The Bertz CT molecular complexity index is 628. The fraction of sp³-hybridized carbons (Fsp3) is 0.273. The Morgan fingerprint density at radius 1 is 1.32 bits per heavy atom. The molecule has 6 nitrogen and oxygen atoms in total. The van der Waals surface area contributed by atoms with Crippen molar-refractivity contribution in [1.82, 2.24) is 15.0 Å². The van der Waals surface area contributed by atoms with Crippen LogP contribution in [0.1, 0.15) is 6.42 Å². The Balaban J connectivity index is 2.26. The molecule has 2 rings (SSSR count). The first-order chi connectivity index (χ1) is 9.12. The molecule has 1 aromatic carbocycles. The summed E-state index contributed by atoms with van der Waals surface area (Å²) in [4.78, 5) is 0. The van der Waals surface area contributed by atoms with Crippen molar-refractivity contribution in [3.63, 3.8) is 0 Å². The largest absolute Gasteiger partial charge is 0.281 e. The third-order valence-corrected chi connectivity index (χ3v) is 4.01. The Morgan fingerprint density at radius 3 is 2.79 bits per heavy atom. The van der Waals surface area contributed by atoms with E-state index in [1.807, 2.05) is 0 Å². The second kappa shape index (κ2) is 6.03. The summed E-state index contributed by atoms with van der Waals surface area (Å²) in [5.74, 6) is 0.299. The summed E-state index contributed by atoms with van der Waals surface area (Å²) in [5, 5.41) is 7.55. The number of hydrogen-bond donors (Lipinski definition) is 1. The highest BCUT2D eigenvalue weighted by Gasteiger charge is 2.13. The Labute approximate surface area is 116 Å². The predicted molar refractivity (Wildman–Crippen MR) is 74.1 cm³/mol. The van der Waals surface area contributed by atoms with Gasteiger partial charge in [-0.15, -0.1) is 16.7 Å². The number of anilines is 1. The van der Waals surface area contributed by atoms with Crippen molar-refractivity contribution in [3.05, 3.63) is 36.7 Å². The van der Waals surface area contributed by atoms with Gasteiger partial charge in [0, 0.05) is 5.88 Å². The maximum Gasteiger partial charge on any atom is 0.232 e. The highest BCUT2D eigenvalue weighted by atomic mass is 35.5. The summed E-state index contributed by atoms with van der Waals surface area (Å²) < 4.78 is 27.8. The molecule has 8 heteroatoms. The van der Waals surface area contributed by atoms with Crippen molar-refractivity contribution in [2.75, 3.05) is 16.4 Å². The fourth-order valence-electron chi connectivity index (χ4n) is 1.56. The number of hydrogen-bond acceptors (Lipinski definition) is 4. The average Bonchev–Trinajstić information content (AvgIpc) is 2.90. The lowest BCUT2D eigenvalue weighted by Gasteiger charge is -2.11. The lowest BCUT2D eigenvalue weighted by atomic mass is 10.3. The molecule has 2 aromatic rings. The van der Waals surface area contributed by atoms with Crippen molar-refractivity contribution in [1.29, 1.82) is 0 Å². The molecule has 1 N–H and O–H groups in total. The van der Waals surface area contributed by atoms with Crippen LogP contribution < -0.4 is 4.72 Å². The van der Waals surface area contributed by atoms with E-state index in [9.17, 15) is 8.42 Å². The summed E-state index contributed by atoms with van der Waals surface area (Å²) in [6.07, 6.45) is 3.58. The Morgan fingerprint density at radius 2 is 2.11 bits per heavy atom. The van der Waals surface area contributed by atoms with E-state index >= 15 is 0 Å². The van der Waals surface area contributed by atoms with Gasteiger partial charge in [0.15, 0.2) is 0 Å². The molecule has 0 aliphatic carbocycles. The van der Waals surface area contributed by atoms with Gasteiger partial charge in [-0.2, -0.15) is 0 Å². The second-order valence-corrected chi connectivity index (χ2v) is 6.05. The molecule has 0 saturated carbocycles. The number of alkyl halides is 1. The summed E-state index contributed by atoms with van der Waals surface area (Å²) in [7, 11) is -3.41. The van der Waals surface area contributed by atoms with E-state index in [1.54, 1.807) is 30.5 Å². The number of rotatable bonds is 6. The molecule has 102 valence electrons. The monoisotopic (exact) mass is 300 g/mol. The third kappa shape index (κ3) is 3.68. The predicted octanol–water partition coefficient (Wildman–Crippen LogP) is 1.64. The van der Waals surface area contributed by atoms with Gasteiger partial charge in [0.2, 0.25) is 10.0 Å². The molecule has 0 saturated heterocycles. The minimum absolute atomic E-state index is 0.0117. The van der Waals surface area contributed by atoms with Crippen LogP contribution in [0.3, 0.4) is 0 Å². The molecule has 1 aromatic heterocycles. The highest BCUT2D eigenvalue weighted by Crippen LogP contribution is 2.20. The third-order valence-electron chi connectivity index (χ3n) is 2.39. The number of sulfonamides is 1. The van der Waals surface area contributed by atoms with E-state index in [-0.39, 0.29) is 5.75 Å². The zero-order chi connectivity index (χ0) is 13.7. The van der Waals surface area contributed by atoms with E-state index < -0.39 is 10.0 Å². The van der Waals surface area contributed by atoms with Crippen LogP contribution in [0.15, 0.2) is 36.7 Å². The summed E-state index contributed by atoms with van der Waals surface area (Å²) in [6.45, 7) is 0. The molecule has 0 aliphatic rings. The standard InChI is InChI=1S/C11H13ClN4O2S/c12-6-3-9-19(17,18)14-10-4-1-2-5-11(10)16-8-7-13-15-16/h1-2,4-5,7-8,14H,3,6,9H2. The van der Waals surface area contributed by atoms with E-state index in [1.165, 1.54) is 10.9 Å². The van der Waals surface area contributed by atoms with Gasteiger partial charge < -0.3 is 0 Å². The van der Waals surface area contributed by atoms with Crippen LogP contribution in [0.5, 0.6) is 0 Å². The zero-order valence-corrected chi connectivity index (χ0v) is 11.6. The lowest BCUT2D eigenvalue weighted by Crippen LogP contribution is -2.18. The quantitative estimate of drug-likeness (QED) is 0.823. The molecule has 0 atom stereocenters. The maximum atomic E-state index is 11.9. The SMILES string of the molecule is O=S(=O)(CCCCl)Nc1ccccc1-n1ccnn1. The van der Waals surface area contributed by atoms with Crippen molar-refractivity contribution in [2.24, 2.45) is 0 Å². The van der Waals surface area contributed by atoms with Crippen molar-refractivity contribution >= 4 is 27.3 Å². The lowest BCUT2D eigenvalue weighted by molar-refractivity contribution is 0.600. The smallest absolute Gasteiger partial charge is 0.232 e. The number of aromatic nitrogens is 3. The van der Waals surface area contributed by atoms with Gasteiger partial charge in [-0.3, -0.25) is 4.72 Å². The molecular weight excluding hydrogens is 288 g/mol. The number of nitrogens with zero attached hydrogens (tertiary/aromatic N) is 3. The van der Waals surface area contributed by atoms with Gasteiger partial charge in [-0.05, 0) is 18.6 Å². The fourth-order valence-corrected chi connectivity index (χ4v) is 2.99. The van der Waals surface area contributed by atoms with E-state index in [0.29, 0.717) is 23.7 Å². The zero-order valence-electron chi connectivity index (χ0n) is 10.0. The van der Waals surface area contributed by atoms with Crippen LogP contribution in [-0.2, 0) is 10.0 Å². The number of benzene rings is 1. The number of halogens is 1. The molecule has 19 heavy (non-hydrogen) atoms. The summed E-state index contributed by atoms with van der Waals surface area (Å²) in [5.41, 5.74) is 1.08. The molecular formula is C11H13ClN4O2S. The minimum atomic E-state index is -3.41. The summed E-state index contributed by atoms with van der Waals surface area (Å²) in [6, 6.07) is 6.98. The first-order valence-corrected chi connectivity index (χ1v) is 7.83. The molecule has 1 heterocycles.